The van der Waals surface area contributed by atoms with Gasteiger partial charge in [0.05, 0.1) is 21.4 Å². The maximum Gasteiger partial charge on any atom is 0.255 e. The van der Waals surface area contributed by atoms with E-state index in [9.17, 15) is 4.79 Å². The van der Waals surface area contributed by atoms with Crippen LogP contribution in [0.25, 0.3) is 6.08 Å². The molecule has 1 fully saturated rings. The molecule has 3 aromatic rings. The predicted octanol–water partition coefficient (Wildman–Crippen LogP) is 6.78. The van der Waals surface area contributed by atoms with Gasteiger partial charge < -0.3 is 10.2 Å². The fourth-order valence-corrected chi connectivity index (χ4v) is 4.34. The molecule has 1 aliphatic heterocycles. The van der Waals surface area contributed by atoms with Crippen LogP contribution in [0.15, 0.2) is 60.8 Å². The van der Waals surface area contributed by atoms with Crippen molar-refractivity contribution >= 4 is 69.8 Å². The number of amides is 1. The van der Waals surface area contributed by atoms with Crippen LogP contribution in [0.5, 0.6) is 0 Å². The van der Waals surface area contributed by atoms with E-state index in [-0.39, 0.29) is 11.1 Å². The van der Waals surface area contributed by atoms with E-state index in [2.05, 4.69) is 32.3 Å². The molecular weight excluding hydrogens is 514 g/mol. The zero-order valence-corrected chi connectivity index (χ0v) is 21.2. The highest BCUT2D eigenvalue weighted by atomic mass is 35.5. The van der Waals surface area contributed by atoms with Crippen LogP contribution >= 0.6 is 46.4 Å². The smallest absolute Gasteiger partial charge is 0.255 e. The minimum Gasteiger partial charge on any atom is -0.367 e. The number of aromatic nitrogens is 1. The Morgan fingerprint density at radius 2 is 1.65 bits per heavy atom. The summed E-state index contributed by atoms with van der Waals surface area (Å²) >= 11 is 24.5. The number of carbonyl (C=O) groups excluding carboxylic acids is 1. The number of hydrogen-bond donors (Lipinski definition) is 1. The van der Waals surface area contributed by atoms with Crippen molar-refractivity contribution in [3.63, 3.8) is 0 Å². The van der Waals surface area contributed by atoms with E-state index in [1.807, 2.05) is 24.3 Å². The van der Waals surface area contributed by atoms with Gasteiger partial charge in [-0.2, -0.15) is 0 Å². The lowest BCUT2D eigenvalue weighted by molar-refractivity contribution is 0.102. The molecule has 176 valence electrons. The first kappa shape index (κ1) is 24.8. The first-order valence-electron chi connectivity index (χ1n) is 10.7. The van der Waals surface area contributed by atoms with Gasteiger partial charge in [-0.1, -0.05) is 70.7 Å². The Bertz CT molecular complexity index is 1190. The quantitative estimate of drug-likeness (QED) is 0.353. The Balaban J connectivity index is 1.41. The second-order valence-electron chi connectivity index (χ2n) is 7.85. The van der Waals surface area contributed by atoms with E-state index in [1.54, 1.807) is 18.2 Å². The first-order valence-corrected chi connectivity index (χ1v) is 12.2. The Labute approximate surface area is 218 Å². The third-order valence-electron chi connectivity index (χ3n) is 5.53. The van der Waals surface area contributed by atoms with Gasteiger partial charge in [0.1, 0.15) is 5.15 Å². The molecule has 34 heavy (non-hydrogen) atoms. The van der Waals surface area contributed by atoms with E-state index in [1.165, 1.54) is 12.3 Å². The number of nitrogens with zero attached hydrogens (tertiary/aromatic N) is 3. The van der Waals surface area contributed by atoms with Gasteiger partial charge in [-0.25, -0.2) is 4.98 Å². The summed E-state index contributed by atoms with van der Waals surface area (Å²) in [6.45, 7) is 4.18. The Morgan fingerprint density at radius 1 is 0.941 bits per heavy atom. The summed E-state index contributed by atoms with van der Waals surface area (Å²) in [5.74, 6) is -0.296. The van der Waals surface area contributed by atoms with Gasteiger partial charge in [0.2, 0.25) is 0 Å². The molecule has 0 unspecified atom stereocenters. The topological polar surface area (TPSA) is 48.5 Å². The summed E-state index contributed by atoms with van der Waals surface area (Å²) in [4.78, 5) is 21.3. The summed E-state index contributed by atoms with van der Waals surface area (Å²) in [5.41, 5.74) is 2.96. The van der Waals surface area contributed by atoms with E-state index in [4.69, 9.17) is 46.4 Å². The van der Waals surface area contributed by atoms with Gasteiger partial charge in [-0.05, 0) is 42.0 Å². The largest absolute Gasteiger partial charge is 0.367 e. The molecule has 0 atom stereocenters. The normalized spacial score (nSPS) is 14.5. The molecule has 0 bridgehead atoms. The van der Waals surface area contributed by atoms with Crippen molar-refractivity contribution in [1.29, 1.82) is 0 Å². The standard InChI is InChI=1S/C25H22Cl4N4O/c26-19-5-3-17(4-6-19)2-1-9-32-10-12-33(13-11-32)23-16-21(28)20(27)15-22(23)31-25(34)18-7-8-30-24(29)14-18/h1-8,14-16H,9-13H2,(H,31,34). The monoisotopic (exact) mass is 534 g/mol. The number of rotatable bonds is 6. The zero-order valence-electron chi connectivity index (χ0n) is 18.1. The van der Waals surface area contributed by atoms with Crippen LogP contribution in [0.4, 0.5) is 11.4 Å². The molecule has 0 saturated carbocycles. The Kier molecular flexibility index (Phi) is 8.35. The van der Waals surface area contributed by atoms with E-state index in [0.717, 1.165) is 49.0 Å². The molecule has 0 aliphatic carbocycles. The number of anilines is 2. The van der Waals surface area contributed by atoms with Crippen LogP contribution in [0.1, 0.15) is 15.9 Å². The minimum absolute atomic E-state index is 0.253. The number of carbonyl (C=O) groups is 1. The molecule has 1 aromatic heterocycles. The van der Waals surface area contributed by atoms with Crippen molar-refractivity contribution in [3.05, 3.63) is 92.2 Å². The molecule has 0 spiro atoms. The van der Waals surface area contributed by atoms with Crippen LogP contribution in [0.2, 0.25) is 20.2 Å². The highest BCUT2D eigenvalue weighted by Crippen LogP contribution is 2.36. The van der Waals surface area contributed by atoms with Crippen molar-refractivity contribution in [2.75, 3.05) is 42.9 Å². The molecule has 9 heteroatoms. The van der Waals surface area contributed by atoms with Gasteiger partial charge in [0.15, 0.2) is 0 Å². The number of piperazine rings is 1. The predicted molar refractivity (Wildman–Crippen MR) is 143 cm³/mol. The summed E-state index contributed by atoms with van der Waals surface area (Å²) < 4.78 is 0. The van der Waals surface area contributed by atoms with E-state index >= 15 is 0 Å². The molecule has 1 N–H and O–H groups in total. The van der Waals surface area contributed by atoms with Gasteiger partial charge in [-0.15, -0.1) is 0 Å². The van der Waals surface area contributed by atoms with Crippen molar-refractivity contribution < 1.29 is 4.79 Å². The van der Waals surface area contributed by atoms with E-state index in [0.29, 0.717) is 21.3 Å². The van der Waals surface area contributed by atoms with Crippen LogP contribution in [-0.4, -0.2) is 48.5 Å². The second-order valence-corrected chi connectivity index (χ2v) is 9.48. The van der Waals surface area contributed by atoms with Gasteiger partial charge in [-0.3, -0.25) is 9.69 Å². The number of nitrogens with one attached hydrogen (secondary N) is 1. The molecule has 5 nitrogen and oxygen atoms in total. The average Bonchev–Trinajstić information content (AvgIpc) is 2.83. The van der Waals surface area contributed by atoms with Crippen LogP contribution < -0.4 is 10.2 Å². The van der Waals surface area contributed by atoms with Crippen molar-refractivity contribution in [2.24, 2.45) is 0 Å². The highest BCUT2D eigenvalue weighted by molar-refractivity contribution is 6.42. The summed E-state index contributed by atoms with van der Waals surface area (Å²) in [6.07, 6.45) is 5.75. The molecule has 2 heterocycles. The minimum atomic E-state index is -0.296. The molecule has 1 aliphatic rings. The number of pyridine rings is 1. The number of halogens is 4. The Hall–Kier alpha value is -2.28. The zero-order chi connectivity index (χ0) is 24.1. The second kappa shape index (κ2) is 11.4. The molecule has 4 rings (SSSR count). The first-order chi connectivity index (χ1) is 16.4. The third kappa shape index (κ3) is 6.44. The third-order valence-corrected chi connectivity index (χ3v) is 6.71. The fraction of sp³-hybridized carbons (Fsp3) is 0.200. The summed E-state index contributed by atoms with van der Waals surface area (Å²) in [6, 6.07) is 14.4. The lowest BCUT2D eigenvalue weighted by Gasteiger charge is -2.36. The molecular formula is C25H22Cl4N4O. The summed E-state index contributed by atoms with van der Waals surface area (Å²) in [5, 5.41) is 4.74. The van der Waals surface area contributed by atoms with Gasteiger partial charge >= 0.3 is 0 Å². The maximum absolute atomic E-state index is 12.8. The van der Waals surface area contributed by atoms with Crippen LogP contribution in [-0.2, 0) is 0 Å². The van der Waals surface area contributed by atoms with E-state index < -0.39 is 0 Å². The van der Waals surface area contributed by atoms with Gasteiger partial charge in [0.25, 0.3) is 5.91 Å². The average molecular weight is 536 g/mol. The summed E-state index contributed by atoms with van der Waals surface area (Å²) in [7, 11) is 0. The van der Waals surface area contributed by atoms with Crippen molar-refractivity contribution in [2.45, 2.75) is 0 Å². The Morgan fingerprint density at radius 3 is 2.35 bits per heavy atom. The van der Waals surface area contributed by atoms with Gasteiger partial charge in [0, 0.05) is 49.5 Å². The lowest BCUT2D eigenvalue weighted by Crippen LogP contribution is -2.46. The number of hydrogen-bond acceptors (Lipinski definition) is 4. The highest BCUT2D eigenvalue weighted by Gasteiger charge is 2.21. The van der Waals surface area contributed by atoms with Crippen LogP contribution in [0.3, 0.4) is 0 Å². The number of benzene rings is 2. The van der Waals surface area contributed by atoms with Crippen molar-refractivity contribution in [3.8, 4) is 0 Å². The van der Waals surface area contributed by atoms with Crippen LogP contribution in [0, 0.1) is 0 Å². The molecule has 0 radical (unpaired) electrons. The molecule has 1 amide bonds. The molecule has 1 saturated heterocycles. The molecule has 2 aromatic carbocycles. The lowest BCUT2D eigenvalue weighted by atomic mass is 10.2. The van der Waals surface area contributed by atoms with Crippen molar-refractivity contribution in [1.82, 2.24) is 9.88 Å². The SMILES string of the molecule is O=C(Nc1cc(Cl)c(Cl)cc1N1CCN(CC=Cc2ccc(Cl)cc2)CC1)c1ccnc(Cl)c1. The fourth-order valence-electron chi connectivity index (χ4n) is 3.72. The maximum atomic E-state index is 12.8.